The number of anilines is 1. The second kappa shape index (κ2) is 7.01. The van der Waals surface area contributed by atoms with Crippen molar-refractivity contribution in [3.05, 3.63) is 24.0 Å². The molecule has 0 saturated carbocycles. The van der Waals surface area contributed by atoms with E-state index < -0.39 is 0 Å². The summed E-state index contributed by atoms with van der Waals surface area (Å²) in [6.45, 7) is 0.950. The van der Waals surface area contributed by atoms with Crippen LogP contribution in [0, 0.1) is 0 Å². The smallest absolute Gasteiger partial charge is 0.241 e. The van der Waals surface area contributed by atoms with E-state index in [1.54, 1.807) is 23.3 Å². The van der Waals surface area contributed by atoms with Gasteiger partial charge in [-0.25, -0.2) is 4.98 Å². The van der Waals surface area contributed by atoms with Crippen molar-refractivity contribution >= 4 is 17.5 Å². The van der Waals surface area contributed by atoms with Crippen molar-refractivity contribution in [3.8, 4) is 5.95 Å². The van der Waals surface area contributed by atoms with Gasteiger partial charge in [0.25, 0.3) is 0 Å². The van der Waals surface area contributed by atoms with Crippen LogP contribution in [0.15, 0.2) is 18.7 Å². The van der Waals surface area contributed by atoms with Crippen LogP contribution in [0.5, 0.6) is 0 Å². The Morgan fingerprint density at radius 1 is 1.21 bits per heavy atom. The maximum Gasteiger partial charge on any atom is 0.241 e. The number of aromatic nitrogens is 5. The van der Waals surface area contributed by atoms with Crippen LogP contribution in [0.2, 0.25) is 5.28 Å². The molecule has 0 radical (unpaired) electrons. The quantitative estimate of drug-likeness (QED) is 0.744. The van der Waals surface area contributed by atoms with E-state index in [-0.39, 0.29) is 11.9 Å². The lowest BCUT2D eigenvalue weighted by atomic mass is 10.2. The average molecular weight is 283 g/mol. The minimum absolute atomic E-state index is 0.136. The lowest BCUT2D eigenvalue weighted by molar-refractivity contribution is 0.283. The number of halogens is 1. The molecule has 0 aromatic carbocycles. The van der Waals surface area contributed by atoms with Gasteiger partial charge in [-0.2, -0.15) is 15.0 Å². The molecule has 2 rings (SSSR count). The van der Waals surface area contributed by atoms with E-state index in [0.29, 0.717) is 11.9 Å². The van der Waals surface area contributed by atoms with E-state index in [4.69, 9.17) is 16.7 Å². The highest BCUT2D eigenvalue weighted by Gasteiger charge is 2.05. The van der Waals surface area contributed by atoms with E-state index in [0.717, 1.165) is 25.8 Å². The zero-order chi connectivity index (χ0) is 13.5. The number of aliphatic hydroxyl groups is 1. The van der Waals surface area contributed by atoms with Gasteiger partial charge in [-0.1, -0.05) is 0 Å². The Morgan fingerprint density at radius 2 is 2.11 bits per heavy atom. The molecule has 0 saturated heterocycles. The summed E-state index contributed by atoms with van der Waals surface area (Å²) in [5.74, 6) is 0.864. The predicted molar refractivity (Wildman–Crippen MR) is 71.4 cm³/mol. The lowest BCUT2D eigenvalue weighted by Crippen LogP contribution is -2.09. The van der Waals surface area contributed by atoms with Crippen LogP contribution in [-0.4, -0.2) is 42.8 Å². The van der Waals surface area contributed by atoms with Gasteiger partial charge in [0, 0.05) is 25.5 Å². The Bertz CT molecular complexity index is 504. The topological polar surface area (TPSA) is 88.8 Å². The highest BCUT2D eigenvalue weighted by Crippen LogP contribution is 2.09. The van der Waals surface area contributed by atoms with Crippen molar-refractivity contribution in [1.82, 2.24) is 24.5 Å². The molecule has 2 aromatic heterocycles. The lowest BCUT2D eigenvalue weighted by Gasteiger charge is -2.06. The average Bonchev–Trinajstić information content (AvgIpc) is 2.92. The second-order valence-electron chi connectivity index (χ2n) is 3.91. The van der Waals surface area contributed by atoms with Crippen molar-refractivity contribution in [2.24, 2.45) is 0 Å². The summed E-state index contributed by atoms with van der Waals surface area (Å²) in [7, 11) is 0. The Balaban J connectivity index is 1.97. The third-order valence-corrected chi connectivity index (χ3v) is 2.62. The van der Waals surface area contributed by atoms with Crippen molar-refractivity contribution in [2.45, 2.75) is 19.3 Å². The molecule has 2 aromatic rings. The first-order chi connectivity index (χ1) is 9.29. The zero-order valence-corrected chi connectivity index (χ0v) is 11.1. The minimum atomic E-state index is 0.136. The van der Waals surface area contributed by atoms with Crippen molar-refractivity contribution in [2.75, 3.05) is 18.5 Å². The summed E-state index contributed by atoms with van der Waals surface area (Å²) < 4.78 is 1.66. The van der Waals surface area contributed by atoms with Crippen LogP contribution >= 0.6 is 11.6 Å². The summed E-state index contributed by atoms with van der Waals surface area (Å²) in [4.78, 5) is 16.2. The van der Waals surface area contributed by atoms with Crippen LogP contribution in [0.1, 0.15) is 19.3 Å². The van der Waals surface area contributed by atoms with E-state index in [1.807, 2.05) is 0 Å². The predicted octanol–water partition coefficient (Wildman–Crippen LogP) is 1.29. The number of imidazole rings is 1. The number of rotatable bonds is 7. The third-order valence-electron chi connectivity index (χ3n) is 2.45. The number of unbranched alkanes of at least 4 members (excludes halogenated alkanes) is 2. The van der Waals surface area contributed by atoms with Crippen LogP contribution in [0.25, 0.3) is 5.95 Å². The molecule has 0 spiro atoms. The molecule has 2 N–H and O–H groups in total. The molecule has 8 heteroatoms. The maximum absolute atomic E-state index is 8.68. The fourth-order valence-electron chi connectivity index (χ4n) is 1.53. The summed E-state index contributed by atoms with van der Waals surface area (Å²) in [5.41, 5.74) is 0. The second-order valence-corrected chi connectivity index (χ2v) is 4.25. The molecular weight excluding hydrogens is 268 g/mol. The molecule has 7 nitrogen and oxygen atoms in total. The first kappa shape index (κ1) is 13.7. The number of nitrogens with zero attached hydrogens (tertiary/aromatic N) is 5. The molecule has 0 aliphatic heterocycles. The number of aliphatic hydroxyl groups excluding tert-OH is 1. The molecule has 0 unspecified atom stereocenters. The Kier molecular flexibility index (Phi) is 5.05. The van der Waals surface area contributed by atoms with Crippen LogP contribution in [0.4, 0.5) is 5.95 Å². The zero-order valence-electron chi connectivity index (χ0n) is 10.3. The SMILES string of the molecule is OCCCCCNc1nc(Cl)nc(-n2ccnc2)n1. The molecule has 0 fully saturated rings. The van der Waals surface area contributed by atoms with Gasteiger partial charge in [0.2, 0.25) is 17.2 Å². The van der Waals surface area contributed by atoms with Crippen molar-refractivity contribution in [3.63, 3.8) is 0 Å². The van der Waals surface area contributed by atoms with E-state index in [2.05, 4.69) is 25.3 Å². The Morgan fingerprint density at radius 3 is 2.84 bits per heavy atom. The third kappa shape index (κ3) is 4.15. The largest absolute Gasteiger partial charge is 0.396 e. The number of hydrogen-bond donors (Lipinski definition) is 2. The van der Waals surface area contributed by atoms with E-state index >= 15 is 0 Å². The molecule has 0 aliphatic rings. The highest BCUT2D eigenvalue weighted by molar-refractivity contribution is 6.28. The summed E-state index contributed by atoms with van der Waals surface area (Å²) in [6, 6.07) is 0. The van der Waals surface area contributed by atoms with Crippen molar-refractivity contribution in [1.29, 1.82) is 0 Å². The molecule has 2 heterocycles. The van der Waals surface area contributed by atoms with Gasteiger partial charge in [0.1, 0.15) is 6.33 Å². The Labute approximate surface area is 115 Å². The maximum atomic E-state index is 8.68. The molecular formula is C11H15ClN6O. The van der Waals surface area contributed by atoms with E-state index in [1.165, 1.54) is 0 Å². The van der Waals surface area contributed by atoms with Crippen LogP contribution < -0.4 is 5.32 Å². The molecule has 0 bridgehead atoms. The van der Waals surface area contributed by atoms with E-state index in [9.17, 15) is 0 Å². The first-order valence-corrected chi connectivity index (χ1v) is 6.42. The number of nitrogens with one attached hydrogen (secondary N) is 1. The number of hydrogen-bond acceptors (Lipinski definition) is 6. The molecule has 19 heavy (non-hydrogen) atoms. The van der Waals surface area contributed by atoms with Gasteiger partial charge >= 0.3 is 0 Å². The monoisotopic (exact) mass is 282 g/mol. The van der Waals surface area contributed by atoms with Gasteiger partial charge in [0.15, 0.2) is 0 Å². The summed E-state index contributed by atoms with van der Waals surface area (Å²) >= 11 is 5.86. The minimum Gasteiger partial charge on any atom is -0.396 e. The van der Waals surface area contributed by atoms with Crippen molar-refractivity contribution < 1.29 is 5.11 Å². The van der Waals surface area contributed by atoms with Gasteiger partial charge in [-0.05, 0) is 30.9 Å². The summed E-state index contributed by atoms with van der Waals surface area (Å²) in [5, 5.41) is 11.9. The van der Waals surface area contributed by atoms with Gasteiger partial charge in [0.05, 0.1) is 0 Å². The van der Waals surface area contributed by atoms with Gasteiger partial charge in [-0.3, -0.25) is 4.57 Å². The van der Waals surface area contributed by atoms with Crippen LogP contribution in [-0.2, 0) is 0 Å². The summed E-state index contributed by atoms with van der Waals surface area (Å²) in [6.07, 6.45) is 7.66. The molecule has 0 atom stereocenters. The first-order valence-electron chi connectivity index (χ1n) is 6.04. The fraction of sp³-hybridized carbons (Fsp3) is 0.455. The van der Waals surface area contributed by atoms with Gasteiger partial charge in [-0.15, -0.1) is 0 Å². The molecule has 102 valence electrons. The van der Waals surface area contributed by atoms with Crippen LogP contribution in [0.3, 0.4) is 0 Å². The molecule has 0 amide bonds. The van der Waals surface area contributed by atoms with Gasteiger partial charge < -0.3 is 10.4 Å². The standard InChI is InChI=1S/C11H15ClN6O/c12-9-15-10(14-4-2-1-3-7-19)17-11(16-9)18-6-5-13-8-18/h5-6,8,19H,1-4,7H2,(H,14,15,16,17). The molecule has 0 aliphatic carbocycles. The normalized spacial score (nSPS) is 10.6. The Hall–Kier alpha value is -1.73. The highest BCUT2D eigenvalue weighted by atomic mass is 35.5. The fourth-order valence-corrected chi connectivity index (χ4v) is 1.68.